The second-order valence-electron chi connectivity index (χ2n) is 6.15. The van der Waals surface area contributed by atoms with Gasteiger partial charge in [0.1, 0.15) is 0 Å². The van der Waals surface area contributed by atoms with Crippen LogP contribution in [0.3, 0.4) is 0 Å². The van der Waals surface area contributed by atoms with E-state index in [1.54, 1.807) is 0 Å². The molecule has 3 aromatic rings. The molecule has 5 heteroatoms. The Bertz CT molecular complexity index is 846. The Kier molecular flexibility index (Phi) is 4.69. The number of fused-ring (bicyclic) bond motifs is 1. The van der Waals surface area contributed by atoms with E-state index in [1.807, 2.05) is 43.1 Å². The van der Waals surface area contributed by atoms with Gasteiger partial charge in [0.25, 0.3) is 0 Å². The molecule has 0 aliphatic rings. The number of amides is 1. The lowest BCUT2D eigenvalue weighted by atomic mass is 10.1. The Balaban J connectivity index is 1.60. The van der Waals surface area contributed by atoms with Crippen molar-refractivity contribution in [3.8, 4) is 0 Å². The molecule has 126 valence electrons. The summed E-state index contributed by atoms with van der Waals surface area (Å²) in [6.45, 7) is 6.95. The second-order valence-corrected chi connectivity index (χ2v) is 6.15. The zero-order valence-electron chi connectivity index (χ0n) is 14.5. The molecular weight excluding hydrogens is 300 g/mol. The molecule has 5 nitrogen and oxygen atoms in total. The van der Waals surface area contributed by atoms with E-state index in [0.29, 0.717) is 6.42 Å². The van der Waals surface area contributed by atoms with E-state index in [4.69, 9.17) is 0 Å². The maximum atomic E-state index is 12.3. The van der Waals surface area contributed by atoms with Gasteiger partial charge < -0.3 is 10.3 Å². The predicted octanol–water partition coefficient (Wildman–Crippen LogP) is 3.50. The van der Waals surface area contributed by atoms with Gasteiger partial charge in [0, 0.05) is 41.3 Å². The number of hydrogen-bond acceptors (Lipinski definition) is 2. The molecule has 0 aliphatic carbocycles. The minimum absolute atomic E-state index is 0.0271. The van der Waals surface area contributed by atoms with Crippen LogP contribution in [0.25, 0.3) is 10.9 Å². The van der Waals surface area contributed by atoms with Crippen LogP contribution in [0.15, 0.2) is 36.7 Å². The Morgan fingerprint density at radius 3 is 2.92 bits per heavy atom. The Hall–Kier alpha value is -2.56. The highest BCUT2D eigenvalue weighted by Crippen LogP contribution is 2.20. The van der Waals surface area contributed by atoms with Crippen LogP contribution in [0.2, 0.25) is 0 Å². The van der Waals surface area contributed by atoms with Crippen LogP contribution in [0.1, 0.15) is 43.1 Å². The number of hydrogen-bond donors (Lipinski definition) is 2. The first-order valence-electron chi connectivity index (χ1n) is 8.46. The zero-order chi connectivity index (χ0) is 17.1. The molecular formula is C19H24N4O. The topological polar surface area (TPSA) is 62.7 Å². The van der Waals surface area contributed by atoms with Gasteiger partial charge in [0.2, 0.25) is 5.91 Å². The van der Waals surface area contributed by atoms with Gasteiger partial charge in [-0.25, -0.2) is 0 Å². The highest BCUT2D eigenvalue weighted by atomic mass is 16.1. The van der Waals surface area contributed by atoms with E-state index < -0.39 is 0 Å². The zero-order valence-corrected chi connectivity index (χ0v) is 14.5. The second kappa shape index (κ2) is 6.91. The molecule has 1 atom stereocenters. The van der Waals surface area contributed by atoms with Crippen molar-refractivity contribution in [1.82, 2.24) is 20.1 Å². The molecule has 1 unspecified atom stereocenters. The van der Waals surface area contributed by atoms with E-state index in [0.717, 1.165) is 29.7 Å². The van der Waals surface area contributed by atoms with Gasteiger partial charge in [-0.15, -0.1) is 0 Å². The maximum absolute atomic E-state index is 12.3. The van der Waals surface area contributed by atoms with Gasteiger partial charge in [-0.3, -0.25) is 9.48 Å². The summed E-state index contributed by atoms with van der Waals surface area (Å²) in [5, 5.41) is 8.62. The van der Waals surface area contributed by atoms with Crippen molar-refractivity contribution >= 4 is 16.8 Å². The molecule has 0 saturated carbocycles. The number of aromatic amines is 1. The largest absolute Gasteiger partial charge is 0.361 e. The standard InChI is InChI=1S/C19H24N4O/c1-4-23-14(3)17(12-21-23)13(2)22-19(24)10-9-15-11-20-18-8-6-5-7-16(15)18/h5-8,11-13,20H,4,9-10H2,1-3H3,(H,22,24). The molecule has 2 heterocycles. The number of carbonyl (C=O) groups is 1. The third-order valence-corrected chi connectivity index (χ3v) is 4.58. The number of H-pyrrole nitrogens is 1. The molecule has 3 rings (SSSR count). The van der Waals surface area contributed by atoms with Gasteiger partial charge >= 0.3 is 0 Å². The Morgan fingerprint density at radius 2 is 2.17 bits per heavy atom. The van der Waals surface area contributed by atoms with E-state index in [-0.39, 0.29) is 11.9 Å². The Morgan fingerprint density at radius 1 is 1.38 bits per heavy atom. The van der Waals surface area contributed by atoms with E-state index >= 15 is 0 Å². The highest BCUT2D eigenvalue weighted by molar-refractivity contribution is 5.84. The molecule has 0 bridgehead atoms. The fourth-order valence-electron chi connectivity index (χ4n) is 3.18. The van der Waals surface area contributed by atoms with E-state index in [2.05, 4.69) is 34.5 Å². The minimum atomic E-state index is -0.0271. The number of carbonyl (C=O) groups excluding carboxylic acids is 1. The normalized spacial score (nSPS) is 12.5. The van der Waals surface area contributed by atoms with Gasteiger partial charge in [-0.1, -0.05) is 18.2 Å². The summed E-state index contributed by atoms with van der Waals surface area (Å²) >= 11 is 0. The summed E-state index contributed by atoms with van der Waals surface area (Å²) < 4.78 is 1.95. The SMILES string of the molecule is CCn1ncc(C(C)NC(=O)CCc2c[nH]c3ccccc23)c1C. The van der Waals surface area contributed by atoms with Crippen molar-refractivity contribution in [2.75, 3.05) is 0 Å². The molecule has 0 saturated heterocycles. The molecule has 0 spiro atoms. The number of nitrogens with zero attached hydrogens (tertiary/aromatic N) is 2. The van der Waals surface area contributed by atoms with Crippen molar-refractivity contribution in [1.29, 1.82) is 0 Å². The first-order valence-corrected chi connectivity index (χ1v) is 8.46. The Labute approximate surface area is 142 Å². The van der Waals surface area contributed by atoms with Crippen molar-refractivity contribution in [2.24, 2.45) is 0 Å². The summed E-state index contributed by atoms with van der Waals surface area (Å²) in [6, 6.07) is 8.14. The van der Waals surface area contributed by atoms with Crippen LogP contribution in [-0.2, 0) is 17.8 Å². The lowest BCUT2D eigenvalue weighted by Crippen LogP contribution is -2.27. The number of nitrogens with one attached hydrogen (secondary N) is 2. The lowest BCUT2D eigenvalue weighted by Gasteiger charge is -2.14. The van der Waals surface area contributed by atoms with Gasteiger partial charge in [0.05, 0.1) is 12.2 Å². The van der Waals surface area contributed by atoms with Crippen LogP contribution in [0.4, 0.5) is 0 Å². The van der Waals surface area contributed by atoms with E-state index in [9.17, 15) is 4.79 Å². The molecule has 24 heavy (non-hydrogen) atoms. The molecule has 1 amide bonds. The molecule has 0 radical (unpaired) electrons. The number of aryl methyl sites for hydroxylation is 2. The smallest absolute Gasteiger partial charge is 0.220 e. The van der Waals surface area contributed by atoms with Crippen molar-refractivity contribution < 1.29 is 4.79 Å². The van der Waals surface area contributed by atoms with Crippen molar-refractivity contribution in [3.05, 3.63) is 53.5 Å². The minimum Gasteiger partial charge on any atom is -0.361 e. The van der Waals surface area contributed by atoms with Gasteiger partial charge in [-0.2, -0.15) is 5.10 Å². The predicted molar refractivity (Wildman–Crippen MR) is 95.8 cm³/mol. The quantitative estimate of drug-likeness (QED) is 0.729. The average Bonchev–Trinajstić information content (AvgIpc) is 3.16. The fourth-order valence-corrected chi connectivity index (χ4v) is 3.18. The average molecular weight is 324 g/mol. The van der Waals surface area contributed by atoms with Crippen LogP contribution in [0.5, 0.6) is 0 Å². The third-order valence-electron chi connectivity index (χ3n) is 4.58. The first kappa shape index (κ1) is 16.3. The van der Waals surface area contributed by atoms with Crippen LogP contribution < -0.4 is 5.32 Å². The summed E-state index contributed by atoms with van der Waals surface area (Å²) in [5.41, 5.74) is 4.49. The highest BCUT2D eigenvalue weighted by Gasteiger charge is 2.15. The molecule has 0 fully saturated rings. The fraction of sp³-hybridized carbons (Fsp3) is 0.368. The van der Waals surface area contributed by atoms with Gasteiger partial charge in [-0.05, 0) is 38.8 Å². The summed E-state index contributed by atoms with van der Waals surface area (Å²) in [5.74, 6) is 0.0661. The van der Waals surface area contributed by atoms with Crippen LogP contribution in [0, 0.1) is 6.92 Å². The summed E-state index contributed by atoms with van der Waals surface area (Å²) in [6.07, 6.45) is 5.06. The first-order chi connectivity index (χ1) is 11.6. The number of rotatable bonds is 6. The van der Waals surface area contributed by atoms with Crippen LogP contribution >= 0.6 is 0 Å². The summed E-state index contributed by atoms with van der Waals surface area (Å²) in [7, 11) is 0. The monoisotopic (exact) mass is 324 g/mol. The van der Waals surface area contributed by atoms with Gasteiger partial charge in [0.15, 0.2) is 0 Å². The third kappa shape index (κ3) is 3.20. The van der Waals surface area contributed by atoms with E-state index in [1.165, 1.54) is 10.9 Å². The molecule has 1 aromatic carbocycles. The van der Waals surface area contributed by atoms with Crippen molar-refractivity contribution in [2.45, 2.75) is 46.2 Å². The lowest BCUT2D eigenvalue weighted by molar-refractivity contribution is -0.121. The number of para-hydroxylation sites is 1. The molecule has 2 N–H and O–H groups in total. The maximum Gasteiger partial charge on any atom is 0.220 e. The van der Waals surface area contributed by atoms with Crippen LogP contribution in [-0.4, -0.2) is 20.7 Å². The molecule has 2 aromatic heterocycles. The number of benzene rings is 1. The molecule has 0 aliphatic heterocycles. The summed E-state index contributed by atoms with van der Waals surface area (Å²) in [4.78, 5) is 15.5. The van der Waals surface area contributed by atoms with Crippen molar-refractivity contribution in [3.63, 3.8) is 0 Å². The number of aromatic nitrogens is 3.